The van der Waals surface area contributed by atoms with Crippen LogP contribution < -0.4 is 14.9 Å². The predicted octanol–water partition coefficient (Wildman–Crippen LogP) is 1.43. The predicted molar refractivity (Wildman–Crippen MR) is 113 cm³/mol. The monoisotopic (exact) mass is 441 g/mol. The standard InChI is InChI=1S/C19H23N3O5S.ClH/c1-22(2)16-9-3-7-14-13(16)6-4-10-17(14)28(25,26)21-12-18(23)27-19(24)15-8-5-11-20-15;/h3-4,6-7,9-10,15,20-21H,5,8,11-12H2,1-2H3;1H/t15-;/m0./s1. The molecule has 0 spiro atoms. The van der Waals surface area contributed by atoms with E-state index in [-0.39, 0.29) is 17.3 Å². The first-order chi connectivity index (χ1) is 13.3. The number of ether oxygens (including phenoxy) is 1. The molecule has 0 aliphatic carbocycles. The largest absolute Gasteiger partial charge is 0.391 e. The van der Waals surface area contributed by atoms with Crippen LogP contribution in [0.5, 0.6) is 0 Å². The fourth-order valence-electron chi connectivity index (χ4n) is 3.23. The van der Waals surface area contributed by atoms with E-state index in [1.807, 2.05) is 31.1 Å². The Bertz CT molecular complexity index is 1000. The third kappa shape index (κ3) is 5.24. The number of anilines is 1. The number of sulfonamides is 1. The molecule has 1 aliphatic rings. The van der Waals surface area contributed by atoms with Gasteiger partial charge in [0.25, 0.3) is 0 Å². The van der Waals surface area contributed by atoms with Crippen LogP contribution in [0.1, 0.15) is 12.8 Å². The molecule has 8 nitrogen and oxygen atoms in total. The lowest BCUT2D eigenvalue weighted by atomic mass is 10.1. The number of halogens is 1. The number of carbonyl (C=O) groups is 2. The van der Waals surface area contributed by atoms with Crippen molar-refractivity contribution < 1.29 is 22.7 Å². The van der Waals surface area contributed by atoms with Crippen LogP contribution in [0, 0.1) is 0 Å². The van der Waals surface area contributed by atoms with E-state index in [1.165, 1.54) is 6.07 Å². The quantitative estimate of drug-likeness (QED) is 0.516. The van der Waals surface area contributed by atoms with E-state index in [2.05, 4.69) is 10.0 Å². The van der Waals surface area contributed by atoms with Gasteiger partial charge in [0.15, 0.2) is 0 Å². The normalized spacial score (nSPS) is 16.3. The van der Waals surface area contributed by atoms with E-state index in [9.17, 15) is 18.0 Å². The molecule has 0 bridgehead atoms. The summed E-state index contributed by atoms with van der Waals surface area (Å²) in [5.74, 6) is -1.61. The van der Waals surface area contributed by atoms with Crippen molar-refractivity contribution in [3.63, 3.8) is 0 Å². The molecule has 1 fully saturated rings. The number of rotatable bonds is 6. The summed E-state index contributed by atoms with van der Waals surface area (Å²) in [7, 11) is -0.225. The molecule has 0 aromatic heterocycles. The molecule has 158 valence electrons. The summed E-state index contributed by atoms with van der Waals surface area (Å²) in [5.41, 5.74) is 0.878. The molecule has 2 aromatic rings. The van der Waals surface area contributed by atoms with Crippen molar-refractivity contribution in [3.05, 3.63) is 36.4 Å². The second kappa shape index (κ2) is 9.53. The molecule has 29 heavy (non-hydrogen) atoms. The number of fused-ring (bicyclic) bond motifs is 1. The van der Waals surface area contributed by atoms with Crippen LogP contribution in [0.2, 0.25) is 0 Å². The van der Waals surface area contributed by atoms with Crippen LogP contribution in [0.3, 0.4) is 0 Å². The number of benzene rings is 2. The Morgan fingerprint density at radius 1 is 1.17 bits per heavy atom. The Labute approximate surface area is 176 Å². The van der Waals surface area contributed by atoms with Crippen molar-refractivity contribution in [2.75, 3.05) is 32.1 Å². The molecule has 1 heterocycles. The van der Waals surface area contributed by atoms with Crippen LogP contribution >= 0.6 is 12.4 Å². The summed E-state index contributed by atoms with van der Waals surface area (Å²) < 4.78 is 32.4. The first kappa shape index (κ1) is 23.1. The average molecular weight is 442 g/mol. The van der Waals surface area contributed by atoms with Crippen molar-refractivity contribution in [2.24, 2.45) is 0 Å². The second-order valence-electron chi connectivity index (χ2n) is 6.79. The third-order valence-corrected chi connectivity index (χ3v) is 6.06. The molecular weight excluding hydrogens is 418 g/mol. The van der Waals surface area contributed by atoms with E-state index in [0.717, 1.165) is 17.5 Å². The van der Waals surface area contributed by atoms with Gasteiger partial charge < -0.3 is 15.0 Å². The number of nitrogens with one attached hydrogen (secondary N) is 2. The van der Waals surface area contributed by atoms with E-state index in [4.69, 9.17) is 4.74 Å². The molecule has 1 aliphatic heterocycles. The molecule has 2 N–H and O–H groups in total. The van der Waals surface area contributed by atoms with Crippen molar-refractivity contribution in [3.8, 4) is 0 Å². The van der Waals surface area contributed by atoms with Crippen molar-refractivity contribution in [2.45, 2.75) is 23.8 Å². The highest BCUT2D eigenvalue weighted by molar-refractivity contribution is 7.89. The molecule has 1 saturated heterocycles. The zero-order chi connectivity index (χ0) is 20.3. The SMILES string of the molecule is CN(C)c1cccc2c(S(=O)(=O)NCC(=O)OC(=O)[C@@H]3CCCN3)cccc12.Cl. The van der Waals surface area contributed by atoms with Gasteiger partial charge in [0.05, 0.1) is 4.90 Å². The Balaban J connectivity index is 0.00000300. The Morgan fingerprint density at radius 3 is 2.52 bits per heavy atom. The summed E-state index contributed by atoms with van der Waals surface area (Å²) in [4.78, 5) is 25.7. The van der Waals surface area contributed by atoms with Crippen LogP contribution in [-0.4, -0.2) is 53.6 Å². The Hall–Kier alpha value is -2.20. The van der Waals surface area contributed by atoms with Crippen LogP contribution in [-0.2, 0) is 24.3 Å². The lowest BCUT2D eigenvalue weighted by Gasteiger charge is -2.17. The third-order valence-electron chi connectivity index (χ3n) is 4.60. The van der Waals surface area contributed by atoms with Crippen molar-refractivity contribution >= 4 is 50.8 Å². The van der Waals surface area contributed by atoms with Gasteiger partial charge in [0, 0.05) is 30.6 Å². The summed E-state index contributed by atoms with van der Waals surface area (Å²) in [6.07, 6.45) is 1.43. The molecule has 10 heteroatoms. The lowest BCUT2D eigenvalue weighted by Crippen LogP contribution is -2.37. The maximum atomic E-state index is 12.7. The number of esters is 2. The van der Waals surface area contributed by atoms with Crippen LogP contribution in [0.15, 0.2) is 41.3 Å². The van der Waals surface area contributed by atoms with Gasteiger partial charge in [-0.2, -0.15) is 4.72 Å². The maximum Gasteiger partial charge on any atom is 0.330 e. The molecular formula is C19H24ClN3O5S. The van der Waals surface area contributed by atoms with Crippen LogP contribution in [0.4, 0.5) is 5.69 Å². The van der Waals surface area contributed by atoms with Crippen LogP contribution in [0.25, 0.3) is 10.8 Å². The van der Waals surface area contributed by atoms with Gasteiger partial charge >= 0.3 is 11.9 Å². The first-order valence-electron chi connectivity index (χ1n) is 8.96. The molecule has 0 radical (unpaired) electrons. The molecule has 2 aromatic carbocycles. The molecule has 0 unspecified atom stereocenters. The van der Waals surface area contributed by atoms with E-state index >= 15 is 0 Å². The number of hydrogen-bond donors (Lipinski definition) is 2. The molecule has 3 rings (SSSR count). The van der Waals surface area contributed by atoms with E-state index < -0.39 is 34.5 Å². The van der Waals surface area contributed by atoms with E-state index in [1.54, 1.807) is 18.2 Å². The topological polar surface area (TPSA) is 105 Å². The minimum absolute atomic E-state index is 0. The number of carbonyl (C=O) groups excluding carboxylic acids is 2. The molecule has 0 saturated carbocycles. The fourth-order valence-corrected chi connectivity index (χ4v) is 4.41. The summed E-state index contributed by atoms with van der Waals surface area (Å²) in [5, 5.41) is 4.25. The van der Waals surface area contributed by atoms with Gasteiger partial charge in [-0.05, 0) is 31.5 Å². The lowest BCUT2D eigenvalue weighted by molar-refractivity contribution is -0.160. The summed E-state index contributed by atoms with van der Waals surface area (Å²) in [6.45, 7) is 0.0706. The zero-order valence-electron chi connectivity index (χ0n) is 16.2. The molecule has 0 amide bonds. The van der Waals surface area contributed by atoms with Gasteiger partial charge in [-0.25, -0.2) is 13.2 Å². The first-order valence-corrected chi connectivity index (χ1v) is 10.4. The van der Waals surface area contributed by atoms with E-state index in [0.29, 0.717) is 18.4 Å². The zero-order valence-corrected chi connectivity index (χ0v) is 17.8. The highest BCUT2D eigenvalue weighted by Crippen LogP contribution is 2.30. The Morgan fingerprint density at radius 2 is 1.86 bits per heavy atom. The van der Waals surface area contributed by atoms with Gasteiger partial charge in [-0.3, -0.25) is 4.79 Å². The van der Waals surface area contributed by atoms with Crippen molar-refractivity contribution in [1.29, 1.82) is 0 Å². The highest BCUT2D eigenvalue weighted by Gasteiger charge is 2.26. The van der Waals surface area contributed by atoms with Gasteiger partial charge in [-0.1, -0.05) is 24.3 Å². The summed E-state index contributed by atoms with van der Waals surface area (Å²) in [6, 6.07) is 9.84. The average Bonchev–Trinajstić information content (AvgIpc) is 3.20. The minimum Gasteiger partial charge on any atom is -0.391 e. The summed E-state index contributed by atoms with van der Waals surface area (Å²) >= 11 is 0. The fraction of sp³-hybridized carbons (Fsp3) is 0.368. The van der Waals surface area contributed by atoms with Gasteiger partial charge in [0.2, 0.25) is 10.0 Å². The maximum absolute atomic E-state index is 12.7. The van der Waals surface area contributed by atoms with Gasteiger partial charge in [-0.15, -0.1) is 12.4 Å². The highest BCUT2D eigenvalue weighted by atomic mass is 35.5. The van der Waals surface area contributed by atoms with Gasteiger partial charge in [0.1, 0.15) is 12.6 Å². The smallest absolute Gasteiger partial charge is 0.330 e. The van der Waals surface area contributed by atoms with Crippen molar-refractivity contribution in [1.82, 2.24) is 10.0 Å². The minimum atomic E-state index is -3.98. The molecule has 1 atom stereocenters. The Kier molecular flexibility index (Phi) is 7.59. The number of nitrogens with zero attached hydrogens (tertiary/aromatic N) is 1. The second-order valence-corrected chi connectivity index (χ2v) is 8.52. The number of hydrogen-bond acceptors (Lipinski definition) is 7.